The molecular formula is C15H23N3O2. The van der Waals surface area contributed by atoms with Crippen molar-refractivity contribution in [2.45, 2.75) is 51.0 Å². The maximum absolute atomic E-state index is 5.85. The van der Waals surface area contributed by atoms with Crippen molar-refractivity contribution in [3.63, 3.8) is 0 Å². The van der Waals surface area contributed by atoms with Gasteiger partial charge in [-0.25, -0.2) is 4.98 Å². The molecule has 0 bridgehead atoms. The molecule has 20 heavy (non-hydrogen) atoms. The van der Waals surface area contributed by atoms with Crippen LogP contribution in [0.25, 0.3) is 0 Å². The van der Waals surface area contributed by atoms with Crippen LogP contribution < -0.4 is 10.5 Å². The van der Waals surface area contributed by atoms with Gasteiger partial charge in [0.05, 0.1) is 18.9 Å². The standard InChI is InChI=1S/C15H23N3O2/c1-10-2-4-11(5-3-10)13-8-14(18-15(16)17-13)20-12-6-7-19-9-12/h8,10-12H,2-7,9H2,1H3,(H2,16,17,18)/t10?,11?,12-/m1/s1. The number of nitrogens with zero attached hydrogens (tertiary/aromatic N) is 2. The molecule has 1 atom stereocenters. The number of anilines is 1. The highest BCUT2D eigenvalue weighted by molar-refractivity contribution is 5.28. The van der Waals surface area contributed by atoms with Crippen LogP contribution in [0.5, 0.6) is 5.88 Å². The molecule has 2 heterocycles. The monoisotopic (exact) mass is 277 g/mol. The van der Waals surface area contributed by atoms with Gasteiger partial charge in [-0.2, -0.15) is 4.98 Å². The van der Waals surface area contributed by atoms with Crippen molar-refractivity contribution in [2.24, 2.45) is 5.92 Å². The van der Waals surface area contributed by atoms with Crippen molar-refractivity contribution in [2.75, 3.05) is 18.9 Å². The molecule has 5 nitrogen and oxygen atoms in total. The molecule has 1 aliphatic carbocycles. The summed E-state index contributed by atoms with van der Waals surface area (Å²) in [4.78, 5) is 8.61. The van der Waals surface area contributed by atoms with Gasteiger partial charge in [-0.05, 0) is 18.8 Å². The lowest BCUT2D eigenvalue weighted by molar-refractivity contribution is 0.138. The lowest BCUT2D eigenvalue weighted by atomic mass is 9.81. The Bertz CT molecular complexity index is 452. The van der Waals surface area contributed by atoms with Crippen LogP contribution >= 0.6 is 0 Å². The average molecular weight is 277 g/mol. The maximum atomic E-state index is 5.85. The summed E-state index contributed by atoms with van der Waals surface area (Å²) in [5.74, 6) is 2.24. The summed E-state index contributed by atoms with van der Waals surface area (Å²) in [6, 6.07) is 1.97. The number of nitrogen functional groups attached to an aromatic ring is 1. The molecule has 1 aromatic rings. The molecule has 2 aliphatic rings. The average Bonchev–Trinajstić information content (AvgIpc) is 2.91. The third-order valence-corrected chi connectivity index (χ3v) is 4.35. The van der Waals surface area contributed by atoms with E-state index in [1.54, 1.807) is 0 Å². The summed E-state index contributed by atoms with van der Waals surface area (Å²) < 4.78 is 11.2. The Morgan fingerprint density at radius 1 is 1.20 bits per heavy atom. The second kappa shape index (κ2) is 5.95. The minimum Gasteiger partial charge on any atom is -0.472 e. The van der Waals surface area contributed by atoms with Gasteiger partial charge in [-0.15, -0.1) is 0 Å². The Morgan fingerprint density at radius 3 is 2.70 bits per heavy atom. The van der Waals surface area contributed by atoms with Crippen molar-refractivity contribution >= 4 is 5.95 Å². The zero-order valence-corrected chi connectivity index (χ0v) is 12.0. The fourth-order valence-electron chi connectivity index (χ4n) is 3.06. The predicted octanol–water partition coefficient (Wildman–Crippen LogP) is 2.52. The van der Waals surface area contributed by atoms with Gasteiger partial charge in [0, 0.05) is 18.4 Å². The van der Waals surface area contributed by atoms with Crippen LogP contribution in [-0.4, -0.2) is 29.3 Å². The molecule has 0 unspecified atom stereocenters. The molecule has 1 saturated carbocycles. The van der Waals surface area contributed by atoms with Crippen molar-refractivity contribution in [1.82, 2.24) is 9.97 Å². The van der Waals surface area contributed by atoms with E-state index in [2.05, 4.69) is 16.9 Å². The summed E-state index contributed by atoms with van der Waals surface area (Å²) in [7, 11) is 0. The Balaban J connectivity index is 1.72. The highest BCUT2D eigenvalue weighted by Gasteiger charge is 2.23. The molecule has 0 amide bonds. The van der Waals surface area contributed by atoms with Crippen LogP contribution in [0.2, 0.25) is 0 Å². The molecule has 2 N–H and O–H groups in total. The summed E-state index contributed by atoms with van der Waals surface area (Å²) in [5, 5.41) is 0. The number of hydrogen-bond acceptors (Lipinski definition) is 5. The van der Waals surface area contributed by atoms with Crippen LogP contribution in [0.4, 0.5) is 5.95 Å². The van der Waals surface area contributed by atoms with E-state index >= 15 is 0 Å². The Kier molecular flexibility index (Phi) is 4.05. The van der Waals surface area contributed by atoms with Crippen molar-refractivity contribution in [1.29, 1.82) is 0 Å². The molecule has 3 rings (SSSR count). The first-order chi connectivity index (χ1) is 9.70. The van der Waals surface area contributed by atoms with Crippen LogP contribution in [0.3, 0.4) is 0 Å². The highest BCUT2D eigenvalue weighted by atomic mass is 16.5. The third kappa shape index (κ3) is 3.20. The number of ether oxygens (including phenoxy) is 2. The second-order valence-corrected chi connectivity index (χ2v) is 6.05. The van der Waals surface area contributed by atoms with Crippen LogP contribution in [0, 0.1) is 5.92 Å². The first kappa shape index (κ1) is 13.6. The van der Waals surface area contributed by atoms with E-state index in [9.17, 15) is 0 Å². The number of hydrogen-bond donors (Lipinski definition) is 1. The SMILES string of the molecule is CC1CCC(c2cc(O[C@@H]3CCOC3)nc(N)n2)CC1. The van der Waals surface area contributed by atoms with Gasteiger partial charge < -0.3 is 15.2 Å². The van der Waals surface area contributed by atoms with Crippen LogP contribution in [0.15, 0.2) is 6.07 Å². The third-order valence-electron chi connectivity index (χ3n) is 4.35. The largest absolute Gasteiger partial charge is 0.472 e. The molecule has 1 saturated heterocycles. The first-order valence-corrected chi connectivity index (χ1v) is 7.59. The van der Waals surface area contributed by atoms with E-state index in [0.717, 1.165) is 24.6 Å². The summed E-state index contributed by atoms with van der Waals surface area (Å²) in [5.41, 5.74) is 6.87. The van der Waals surface area contributed by atoms with Crippen molar-refractivity contribution < 1.29 is 9.47 Å². The topological polar surface area (TPSA) is 70.3 Å². The molecule has 110 valence electrons. The van der Waals surface area contributed by atoms with Gasteiger partial charge in [0.2, 0.25) is 11.8 Å². The van der Waals surface area contributed by atoms with E-state index in [1.165, 1.54) is 25.7 Å². The maximum Gasteiger partial charge on any atom is 0.223 e. The van der Waals surface area contributed by atoms with E-state index in [-0.39, 0.29) is 6.10 Å². The smallest absolute Gasteiger partial charge is 0.223 e. The Labute approximate surface area is 119 Å². The van der Waals surface area contributed by atoms with Gasteiger partial charge in [0.15, 0.2) is 0 Å². The highest BCUT2D eigenvalue weighted by Crippen LogP contribution is 2.35. The number of rotatable bonds is 3. The second-order valence-electron chi connectivity index (χ2n) is 6.05. The van der Waals surface area contributed by atoms with Gasteiger partial charge in [-0.1, -0.05) is 19.8 Å². The molecule has 5 heteroatoms. The molecule has 1 aromatic heterocycles. The lowest BCUT2D eigenvalue weighted by Gasteiger charge is -2.26. The molecule has 2 fully saturated rings. The molecular weight excluding hydrogens is 254 g/mol. The van der Waals surface area contributed by atoms with Gasteiger partial charge >= 0.3 is 0 Å². The quantitative estimate of drug-likeness (QED) is 0.919. The number of nitrogens with two attached hydrogens (primary N) is 1. The van der Waals surface area contributed by atoms with Gasteiger partial charge in [0.25, 0.3) is 0 Å². The zero-order chi connectivity index (χ0) is 13.9. The van der Waals surface area contributed by atoms with Crippen LogP contribution in [0.1, 0.15) is 50.6 Å². The van der Waals surface area contributed by atoms with E-state index < -0.39 is 0 Å². The summed E-state index contributed by atoms with van der Waals surface area (Å²) in [6.07, 6.45) is 5.92. The van der Waals surface area contributed by atoms with E-state index in [4.69, 9.17) is 15.2 Å². The van der Waals surface area contributed by atoms with E-state index in [0.29, 0.717) is 24.4 Å². The molecule has 0 radical (unpaired) electrons. The molecule has 0 spiro atoms. The van der Waals surface area contributed by atoms with Gasteiger partial charge in [-0.3, -0.25) is 0 Å². The predicted molar refractivity (Wildman–Crippen MR) is 76.7 cm³/mol. The molecule has 0 aromatic carbocycles. The van der Waals surface area contributed by atoms with Crippen molar-refractivity contribution in [3.8, 4) is 5.88 Å². The first-order valence-electron chi connectivity index (χ1n) is 7.59. The fraction of sp³-hybridized carbons (Fsp3) is 0.733. The van der Waals surface area contributed by atoms with Crippen LogP contribution in [-0.2, 0) is 4.74 Å². The Hall–Kier alpha value is -1.36. The normalized spacial score (nSPS) is 30.4. The zero-order valence-electron chi connectivity index (χ0n) is 12.0. The summed E-state index contributed by atoms with van der Waals surface area (Å²) >= 11 is 0. The minimum absolute atomic E-state index is 0.100. The van der Waals surface area contributed by atoms with E-state index in [1.807, 2.05) is 6.07 Å². The van der Waals surface area contributed by atoms with Gasteiger partial charge in [0.1, 0.15) is 6.10 Å². The van der Waals surface area contributed by atoms with Crippen molar-refractivity contribution in [3.05, 3.63) is 11.8 Å². The number of aromatic nitrogens is 2. The fourth-order valence-corrected chi connectivity index (χ4v) is 3.06. The molecule has 1 aliphatic heterocycles. The summed E-state index contributed by atoms with van der Waals surface area (Å²) in [6.45, 7) is 3.72. The Morgan fingerprint density at radius 2 is 2.00 bits per heavy atom. The minimum atomic E-state index is 0.100. The lowest BCUT2D eigenvalue weighted by Crippen LogP contribution is -2.18.